The van der Waals surface area contributed by atoms with Crippen molar-refractivity contribution < 1.29 is 4.79 Å². The van der Waals surface area contributed by atoms with Crippen molar-refractivity contribution in [1.29, 1.82) is 0 Å². The first-order valence-electron chi connectivity index (χ1n) is 7.23. The van der Waals surface area contributed by atoms with Crippen molar-refractivity contribution in [3.05, 3.63) is 0 Å². The molecule has 1 unspecified atom stereocenters. The van der Waals surface area contributed by atoms with Crippen molar-refractivity contribution in [3.8, 4) is 0 Å². The molecule has 0 aromatic rings. The van der Waals surface area contributed by atoms with Gasteiger partial charge >= 0.3 is 0 Å². The van der Waals surface area contributed by atoms with Crippen LogP contribution in [0.15, 0.2) is 0 Å². The Hall–Kier alpha value is -0.570. The minimum Gasteiger partial charge on any atom is -0.328 e. The van der Waals surface area contributed by atoms with E-state index in [1.807, 2.05) is 0 Å². The zero-order valence-corrected chi connectivity index (χ0v) is 11.3. The van der Waals surface area contributed by atoms with Crippen LogP contribution in [0.4, 0.5) is 0 Å². The van der Waals surface area contributed by atoms with Crippen molar-refractivity contribution in [2.45, 2.75) is 64.8 Å². The van der Waals surface area contributed by atoms with Gasteiger partial charge in [-0.05, 0) is 31.1 Å². The Morgan fingerprint density at radius 3 is 2.71 bits per heavy atom. The maximum atomic E-state index is 12.2. The first-order valence-corrected chi connectivity index (χ1v) is 7.23. The predicted octanol–water partition coefficient (Wildman–Crippen LogP) is 2.51. The van der Waals surface area contributed by atoms with E-state index in [1.165, 1.54) is 32.1 Å². The van der Waals surface area contributed by atoms with Gasteiger partial charge in [0.1, 0.15) is 0 Å². The lowest BCUT2D eigenvalue weighted by atomic mass is 9.67. The predicted molar refractivity (Wildman–Crippen MR) is 69.6 cm³/mol. The number of carbonyl (C=O) groups is 1. The number of carbonyl (C=O) groups excluding carboxylic acids is 1. The maximum Gasteiger partial charge on any atom is 0.240 e. The number of hydrogen-bond acceptors (Lipinski definition) is 2. The molecule has 0 aromatic carbocycles. The largest absolute Gasteiger partial charge is 0.328 e. The second-order valence-corrected chi connectivity index (χ2v) is 5.80. The second kappa shape index (κ2) is 5.38. The average molecular weight is 238 g/mol. The molecule has 1 saturated carbocycles. The monoisotopic (exact) mass is 238 g/mol. The van der Waals surface area contributed by atoms with Crippen LogP contribution >= 0.6 is 0 Å². The SMILES string of the molecule is CCCCC1NCN(CC2(CC)CCC2)C1=O. The fraction of sp³-hybridized carbons (Fsp3) is 0.929. The fourth-order valence-electron chi connectivity index (χ4n) is 3.08. The first-order chi connectivity index (χ1) is 8.21. The highest BCUT2D eigenvalue weighted by Gasteiger charge is 2.40. The van der Waals surface area contributed by atoms with E-state index in [4.69, 9.17) is 0 Å². The average Bonchev–Trinajstić information content (AvgIpc) is 2.62. The van der Waals surface area contributed by atoms with Crippen LogP contribution in [0.25, 0.3) is 0 Å². The molecule has 17 heavy (non-hydrogen) atoms. The summed E-state index contributed by atoms with van der Waals surface area (Å²) >= 11 is 0. The lowest BCUT2D eigenvalue weighted by Gasteiger charge is -2.43. The molecule has 3 nitrogen and oxygen atoms in total. The summed E-state index contributed by atoms with van der Waals surface area (Å²) in [6.07, 6.45) is 8.52. The van der Waals surface area contributed by atoms with E-state index < -0.39 is 0 Å². The van der Waals surface area contributed by atoms with E-state index in [-0.39, 0.29) is 6.04 Å². The van der Waals surface area contributed by atoms with Crippen molar-refractivity contribution in [2.75, 3.05) is 13.2 Å². The third-order valence-corrected chi connectivity index (χ3v) is 4.68. The summed E-state index contributed by atoms with van der Waals surface area (Å²) in [5.74, 6) is 0.346. The Morgan fingerprint density at radius 2 is 2.18 bits per heavy atom. The van der Waals surface area contributed by atoms with E-state index in [1.54, 1.807) is 0 Å². The number of hydrogen-bond donors (Lipinski definition) is 1. The Morgan fingerprint density at radius 1 is 1.41 bits per heavy atom. The smallest absolute Gasteiger partial charge is 0.240 e. The van der Waals surface area contributed by atoms with Crippen molar-refractivity contribution in [3.63, 3.8) is 0 Å². The van der Waals surface area contributed by atoms with Crippen molar-refractivity contribution in [1.82, 2.24) is 10.2 Å². The summed E-state index contributed by atoms with van der Waals surface area (Å²) in [7, 11) is 0. The minimum absolute atomic E-state index is 0.101. The standard InChI is InChI=1S/C14H26N2O/c1-3-5-7-12-13(17)16(11-15-12)10-14(4-2)8-6-9-14/h12,15H,3-11H2,1-2H3. The third-order valence-electron chi connectivity index (χ3n) is 4.68. The summed E-state index contributed by atoms with van der Waals surface area (Å²) in [4.78, 5) is 14.3. The Bertz CT molecular complexity index is 268. The van der Waals surface area contributed by atoms with Crippen LogP contribution in [0.3, 0.4) is 0 Å². The molecule has 1 amide bonds. The number of rotatable bonds is 6. The molecule has 1 atom stereocenters. The molecule has 2 aliphatic rings. The fourth-order valence-corrected chi connectivity index (χ4v) is 3.08. The first kappa shape index (κ1) is 12.9. The molecule has 98 valence electrons. The number of nitrogens with zero attached hydrogens (tertiary/aromatic N) is 1. The molecule has 0 radical (unpaired) electrons. The highest BCUT2D eigenvalue weighted by atomic mass is 16.2. The van der Waals surface area contributed by atoms with Crippen LogP contribution < -0.4 is 5.32 Å². The van der Waals surface area contributed by atoms with Crippen molar-refractivity contribution in [2.24, 2.45) is 5.41 Å². The van der Waals surface area contributed by atoms with Crippen LogP contribution in [-0.2, 0) is 4.79 Å². The number of nitrogens with one attached hydrogen (secondary N) is 1. The summed E-state index contributed by atoms with van der Waals surface area (Å²) in [5.41, 5.74) is 0.455. The summed E-state index contributed by atoms with van der Waals surface area (Å²) in [6.45, 7) is 6.20. The van der Waals surface area contributed by atoms with Crippen LogP contribution in [0.2, 0.25) is 0 Å². The topological polar surface area (TPSA) is 32.3 Å². The van der Waals surface area contributed by atoms with Gasteiger partial charge in [0.25, 0.3) is 0 Å². The number of unbranched alkanes of at least 4 members (excludes halogenated alkanes) is 1. The highest BCUT2D eigenvalue weighted by Crippen LogP contribution is 2.44. The van der Waals surface area contributed by atoms with Crippen LogP contribution in [-0.4, -0.2) is 30.1 Å². The lowest BCUT2D eigenvalue weighted by Crippen LogP contribution is -2.43. The van der Waals surface area contributed by atoms with Crippen LogP contribution in [0, 0.1) is 5.41 Å². The van der Waals surface area contributed by atoms with Crippen LogP contribution in [0.5, 0.6) is 0 Å². The second-order valence-electron chi connectivity index (χ2n) is 5.80. The Balaban J connectivity index is 1.84. The lowest BCUT2D eigenvalue weighted by molar-refractivity contribution is -0.131. The molecular formula is C14H26N2O. The van der Waals surface area contributed by atoms with Gasteiger partial charge in [-0.25, -0.2) is 0 Å². The van der Waals surface area contributed by atoms with Gasteiger partial charge in [-0.15, -0.1) is 0 Å². The third kappa shape index (κ3) is 2.65. The summed E-state index contributed by atoms with van der Waals surface area (Å²) in [6, 6.07) is 0.101. The molecule has 2 fully saturated rings. The molecule has 1 aliphatic heterocycles. The molecule has 1 heterocycles. The quantitative estimate of drug-likeness (QED) is 0.771. The molecule has 3 heteroatoms. The van der Waals surface area contributed by atoms with Gasteiger partial charge in [-0.2, -0.15) is 0 Å². The molecule has 1 aliphatic carbocycles. The zero-order chi connectivity index (χ0) is 12.3. The Kier molecular flexibility index (Phi) is 4.08. The summed E-state index contributed by atoms with van der Waals surface area (Å²) in [5, 5.41) is 3.36. The molecule has 0 bridgehead atoms. The highest BCUT2D eigenvalue weighted by molar-refractivity contribution is 5.83. The van der Waals surface area contributed by atoms with Gasteiger partial charge in [0.05, 0.1) is 12.7 Å². The molecule has 0 spiro atoms. The minimum atomic E-state index is 0.101. The van der Waals surface area contributed by atoms with Gasteiger partial charge in [-0.3, -0.25) is 10.1 Å². The van der Waals surface area contributed by atoms with Crippen molar-refractivity contribution >= 4 is 5.91 Å². The van der Waals surface area contributed by atoms with E-state index >= 15 is 0 Å². The summed E-state index contributed by atoms with van der Waals surface area (Å²) < 4.78 is 0. The van der Waals surface area contributed by atoms with E-state index in [0.29, 0.717) is 11.3 Å². The number of amides is 1. The molecular weight excluding hydrogens is 212 g/mol. The maximum absolute atomic E-state index is 12.2. The normalized spacial score (nSPS) is 27.3. The van der Waals surface area contributed by atoms with Gasteiger partial charge in [0.2, 0.25) is 5.91 Å². The van der Waals surface area contributed by atoms with Gasteiger partial charge < -0.3 is 4.90 Å². The van der Waals surface area contributed by atoms with E-state index in [0.717, 1.165) is 26.1 Å². The zero-order valence-electron chi connectivity index (χ0n) is 11.3. The molecule has 1 saturated heterocycles. The van der Waals surface area contributed by atoms with Gasteiger partial charge in [-0.1, -0.05) is 33.1 Å². The molecule has 0 aromatic heterocycles. The molecule has 1 N–H and O–H groups in total. The van der Waals surface area contributed by atoms with E-state index in [2.05, 4.69) is 24.1 Å². The Labute approximate surface area is 105 Å². The van der Waals surface area contributed by atoms with Gasteiger partial charge in [0, 0.05) is 6.54 Å². The molecule has 2 rings (SSSR count). The van der Waals surface area contributed by atoms with E-state index in [9.17, 15) is 4.79 Å². The van der Waals surface area contributed by atoms with Crippen LogP contribution in [0.1, 0.15) is 58.8 Å². The van der Waals surface area contributed by atoms with Gasteiger partial charge in [0.15, 0.2) is 0 Å².